The van der Waals surface area contributed by atoms with Crippen molar-refractivity contribution in [1.29, 1.82) is 0 Å². The number of carbonyl (C=O) groups is 1. The summed E-state index contributed by atoms with van der Waals surface area (Å²) >= 11 is 0. The number of hydrogen-bond donors (Lipinski definition) is 0. The summed E-state index contributed by atoms with van der Waals surface area (Å²) in [5, 5.41) is 3.37. The van der Waals surface area contributed by atoms with Gasteiger partial charge in [-0.15, -0.1) is 0 Å². The lowest BCUT2D eigenvalue weighted by Gasteiger charge is -2.04. The number of hydrogen-bond acceptors (Lipinski definition) is 5. The molecule has 1 rings (SSSR count). The van der Waals surface area contributed by atoms with Crippen molar-refractivity contribution in [2.75, 3.05) is 12.9 Å². The van der Waals surface area contributed by atoms with Gasteiger partial charge in [0.2, 0.25) is 0 Å². The number of aromatic nitrogens is 2. The summed E-state index contributed by atoms with van der Waals surface area (Å²) in [6.45, 7) is 1.51. The van der Waals surface area contributed by atoms with Gasteiger partial charge in [-0.05, 0) is 6.92 Å². The topological polar surface area (TPSA) is 78.3 Å². The Morgan fingerprint density at radius 3 is 2.44 bits per heavy atom. The van der Waals surface area contributed by atoms with Crippen LogP contribution in [0.25, 0.3) is 0 Å². The predicted molar refractivity (Wildman–Crippen MR) is 57.2 cm³/mol. The minimum absolute atomic E-state index is 0.00275. The largest absolute Gasteiger partial charge is 0.461 e. The third-order valence-electron chi connectivity index (χ3n) is 2.08. The molecule has 0 amide bonds. The van der Waals surface area contributed by atoms with Crippen molar-refractivity contribution in [3.8, 4) is 0 Å². The summed E-state index contributed by atoms with van der Waals surface area (Å²) in [5.41, 5.74) is -1.43. The summed E-state index contributed by atoms with van der Waals surface area (Å²) in [6, 6.07) is 0. The molecule has 0 saturated heterocycles. The van der Waals surface area contributed by atoms with Gasteiger partial charge in [0.25, 0.3) is 6.43 Å². The highest BCUT2D eigenvalue weighted by molar-refractivity contribution is 7.90. The van der Waals surface area contributed by atoms with Crippen LogP contribution in [-0.2, 0) is 21.6 Å². The number of sulfone groups is 1. The van der Waals surface area contributed by atoms with Crippen molar-refractivity contribution in [3.63, 3.8) is 0 Å². The second kappa shape index (κ2) is 5.01. The van der Waals surface area contributed by atoms with Crippen LogP contribution >= 0.6 is 0 Å². The van der Waals surface area contributed by atoms with Crippen molar-refractivity contribution >= 4 is 15.8 Å². The summed E-state index contributed by atoms with van der Waals surface area (Å²) < 4.78 is 53.8. The Kier molecular flexibility index (Phi) is 4.05. The Hall–Kier alpha value is -1.51. The Morgan fingerprint density at radius 2 is 2.06 bits per heavy atom. The molecule has 0 unspecified atom stereocenters. The van der Waals surface area contributed by atoms with Gasteiger partial charge < -0.3 is 4.74 Å². The standard InChI is InChI=1S/C9H12F2N2O4S/c1-4-17-9(14)6-7(18(3,15)16)5(8(10)11)12-13(6)2/h8H,4H2,1-3H3. The first-order valence-corrected chi connectivity index (χ1v) is 6.81. The molecule has 0 bridgehead atoms. The van der Waals surface area contributed by atoms with Gasteiger partial charge in [0.05, 0.1) is 6.61 Å². The van der Waals surface area contributed by atoms with Crippen LogP contribution in [0.15, 0.2) is 4.90 Å². The molecule has 0 radical (unpaired) electrons. The molecule has 1 aromatic heterocycles. The van der Waals surface area contributed by atoms with Gasteiger partial charge in [-0.25, -0.2) is 22.0 Å². The average Bonchev–Trinajstić information content (AvgIpc) is 2.55. The molecule has 1 aromatic rings. The quantitative estimate of drug-likeness (QED) is 0.768. The van der Waals surface area contributed by atoms with Crippen LogP contribution in [-0.4, -0.2) is 37.0 Å². The molecule has 18 heavy (non-hydrogen) atoms. The Morgan fingerprint density at radius 1 is 1.50 bits per heavy atom. The Bertz CT molecular complexity index is 565. The number of esters is 1. The molecule has 0 aliphatic heterocycles. The first-order valence-electron chi connectivity index (χ1n) is 4.92. The highest BCUT2D eigenvalue weighted by Crippen LogP contribution is 2.28. The molecular weight excluding hydrogens is 270 g/mol. The lowest BCUT2D eigenvalue weighted by molar-refractivity contribution is 0.0509. The second-order valence-corrected chi connectivity index (χ2v) is 5.43. The first-order chi connectivity index (χ1) is 8.20. The summed E-state index contributed by atoms with van der Waals surface area (Å²) in [6.07, 6.45) is -2.36. The molecule has 9 heteroatoms. The monoisotopic (exact) mass is 282 g/mol. The fourth-order valence-electron chi connectivity index (χ4n) is 1.46. The van der Waals surface area contributed by atoms with Crippen molar-refractivity contribution in [2.24, 2.45) is 7.05 Å². The van der Waals surface area contributed by atoms with E-state index < -0.39 is 38.5 Å². The fraction of sp³-hybridized carbons (Fsp3) is 0.556. The van der Waals surface area contributed by atoms with Crippen LogP contribution in [0.1, 0.15) is 29.5 Å². The normalized spacial score (nSPS) is 11.9. The summed E-state index contributed by atoms with van der Waals surface area (Å²) in [4.78, 5) is 10.8. The molecular formula is C9H12F2N2O4S. The van der Waals surface area contributed by atoms with Crippen molar-refractivity contribution in [3.05, 3.63) is 11.4 Å². The van der Waals surface area contributed by atoms with E-state index in [0.717, 1.165) is 10.9 Å². The highest BCUT2D eigenvalue weighted by atomic mass is 32.2. The van der Waals surface area contributed by atoms with Crippen molar-refractivity contribution in [1.82, 2.24) is 9.78 Å². The van der Waals surface area contributed by atoms with Crippen LogP contribution < -0.4 is 0 Å². The number of carbonyl (C=O) groups excluding carboxylic acids is 1. The van der Waals surface area contributed by atoms with E-state index in [9.17, 15) is 22.0 Å². The maximum atomic E-state index is 12.7. The zero-order valence-electron chi connectivity index (χ0n) is 9.98. The van der Waals surface area contributed by atoms with Gasteiger partial charge in [-0.3, -0.25) is 4.68 Å². The third-order valence-corrected chi connectivity index (χ3v) is 3.22. The minimum Gasteiger partial charge on any atom is -0.461 e. The zero-order chi connectivity index (χ0) is 14.1. The summed E-state index contributed by atoms with van der Waals surface area (Å²) in [7, 11) is -2.81. The van der Waals surface area contributed by atoms with Crippen LogP contribution in [0.4, 0.5) is 8.78 Å². The number of nitrogens with zero attached hydrogens (tertiary/aromatic N) is 2. The molecule has 0 aliphatic carbocycles. The summed E-state index contributed by atoms with van der Waals surface area (Å²) in [5.74, 6) is -1.00. The van der Waals surface area contributed by atoms with Crippen molar-refractivity contribution < 1.29 is 26.7 Å². The molecule has 0 spiro atoms. The molecule has 102 valence electrons. The van der Waals surface area contributed by atoms with E-state index in [0.29, 0.717) is 0 Å². The predicted octanol–water partition coefficient (Wildman–Crippen LogP) is 0.938. The first kappa shape index (κ1) is 14.6. The van der Waals surface area contributed by atoms with Gasteiger partial charge in [0.1, 0.15) is 10.6 Å². The number of alkyl halides is 2. The maximum absolute atomic E-state index is 12.7. The molecule has 0 saturated carbocycles. The number of ether oxygens (including phenoxy) is 1. The van der Waals surface area contributed by atoms with E-state index in [1.165, 1.54) is 14.0 Å². The molecule has 0 atom stereocenters. The average molecular weight is 282 g/mol. The van der Waals surface area contributed by atoms with Crippen LogP contribution in [0.2, 0.25) is 0 Å². The molecule has 0 aliphatic rings. The number of rotatable bonds is 4. The van der Waals surface area contributed by atoms with Gasteiger partial charge in [0, 0.05) is 13.3 Å². The van der Waals surface area contributed by atoms with E-state index in [1.54, 1.807) is 0 Å². The smallest absolute Gasteiger partial charge is 0.357 e. The van der Waals surface area contributed by atoms with E-state index in [-0.39, 0.29) is 6.61 Å². The molecule has 0 aromatic carbocycles. The molecule has 0 fully saturated rings. The maximum Gasteiger partial charge on any atom is 0.357 e. The van der Waals surface area contributed by atoms with Gasteiger partial charge in [0.15, 0.2) is 15.5 Å². The lowest BCUT2D eigenvalue weighted by Crippen LogP contribution is -2.14. The van der Waals surface area contributed by atoms with Crippen molar-refractivity contribution in [2.45, 2.75) is 18.2 Å². The van der Waals surface area contributed by atoms with Gasteiger partial charge >= 0.3 is 5.97 Å². The number of aryl methyl sites for hydroxylation is 1. The Balaban J connectivity index is 3.56. The van der Waals surface area contributed by atoms with Crippen LogP contribution in [0, 0.1) is 0 Å². The minimum atomic E-state index is -4.02. The fourth-order valence-corrected chi connectivity index (χ4v) is 2.53. The van der Waals surface area contributed by atoms with Gasteiger partial charge in [-0.1, -0.05) is 0 Å². The molecule has 0 N–H and O–H groups in total. The number of halogens is 2. The van der Waals surface area contributed by atoms with Gasteiger partial charge in [-0.2, -0.15) is 5.10 Å². The Labute approximate surface area is 102 Å². The van der Waals surface area contributed by atoms with Crippen LogP contribution in [0.3, 0.4) is 0 Å². The SMILES string of the molecule is CCOC(=O)c1c(S(C)(=O)=O)c(C(F)F)nn1C. The molecule has 1 heterocycles. The lowest BCUT2D eigenvalue weighted by atomic mass is 10.3. The highest BCUT2D eigenvalue weighted by Gasteiger charge is 2.33. The second-order valence-electron chi connectivity index (χ2n) is 3.48. The van der Waals surface area contributed by atoms with E-state index in [1.807, 2.05) is 0 Å². The molecule has 6 nitrogen and oxygen atoms in total. The van der Waals surface area contributed by atoms with E-state index >= 15 is 0 Å². The van der Waals surface area contributed by atoms with E-state index in [4.69, 9.17) is 0 Å². The third kappa shape index (κ3) is 2.66. The van der Waals surface area contributed by atoms with Crippen LogP contribution in [0.5, 0.6) is 0 Å². The van der Waals surface area contributed by atoms with E-state index in [2.05, 4.69) is 9.84 Å². The zero-order valence-corrected chi connectivity index (χ0v) is 10.8.